The summed E-state index contributed by atoms with van der Waals surface area (Å²) in [6, 6.07) is -0.245. The Kier molecular flexibility index (Phi) is 7.56. The Hall–Kier alpha value is -0.990. The van der Waals surface area contributed by atoms with Gasteiger partial charge in [0.1, 0.15) is 19.5 Å². The number of ether oxygens (including phenoxy) is 5. The van der Waals surface area contributed by atoms with Crippen LogP contribution >= 0.6 is 11.6 Å². The molecule has 4 aliphatic carbocycles. The van der Waals surface area contributed by atoms with Crippen molar-refractivity contribution in [2.75, 3.05) is 33.9 Å². The first-order valence-electron chi connectivity index (χ1n) is 12.0. The van der Waals surface area contributed by atoms with Gasteiger partial charge >= 0.3 is 5.97 Å². The molecule has 186 valence electrons. The van der Waals surface area contributed by atoms with Gasteiger partial charge in [0.15, 0.2) is 11.8 Å². The van der Waals surface area contributed by atoms with Crippen molar-refractivity contribution in [2.45, 2.75) is 64.6 Å². The molecule has 0 aliphatic heterocycles. The highest BCUT2D eigenvalue weighted by atomic mass is 35.5. The predicted octanol–water partition coefficient (Wildman–Crippen LogP) is 4.07. The zero-order chi connectivity index (χ0) is 23.8. The van der Waals surface area contributed by atoms with Crippen LogP contribution in [0.15, 0.2) is 11.6 Å². The fourth-order valence-corrected chi connectivity index (χ4v) is 7.89. The summed E-state index contributed by atoms with van der Waals surface area (Å²) in [5.74, 6) is -0.407. The van der Waals surface area contributed by atoms with Gasteiger partial charge < -0.3 is 23.7 Å². The summed E-state index contributed by atoms with van der Waals surface area (Å²) in [7, 11) is 3.29. The predicted molar refractivity (Wildman–Crippen MR) is 121 cm³/mol. The van der Waals surface area contributed by atoms with E-state index in [0.29, 0.717) is 25.0 Å². The van der Waals surface area contributed by atoms with Crippen LogP contribution in [0.1, 0.15) is 52.4 Å². The van der Waals surface area contributed by atoms with E-state index in [0.717, 1.165) is 37.7 Å². The third kappa shape index (κ3) is 4.29. The molecule has 3 saturated carbocycles. The highest BCUT2D eigenvalue weighted by Gasteiger charge is 2.64. The molecular formula is C25H37ClO7. The monoisotopic (exact) mass is 484 g/mol. The molecule has 8 heteroatoms. The van der Waals surface area contributed by atoms with Gasteiger partial charge in [-0.05, 0) is 73.2 Å². The lowest BCUT2D eigenvalue weighted by Crippen LogP contribution is -2.59. The molecule has 7 nitrogen and oxygen atoms in total. The molecule has 3 fully saturated rings. The number of allylic oxidation sites excluding steroid dienone is 1. The number of methoxy groups -OCH3 is 2. The molecule has 0 amide bonds. The minimum atomic E-state index is -0.811. The molecule has 0 saturated heterocycles. The quantitative estimate of drug-likeness (QED) is 0.222. The van der Waals surface area contributed by atoms with Crippen LogP contribution in [-0.2, 0) is 33.3 Å². The Morgan fingerprint density at radius 3 is 2.52 bits per heavy atom. The lowest BCUT2D eigenvalue weighted by Gasteiger charge is -2.60. The smallest absolute Gasteiger partial charge is 0.318 e. The summed E-state index contributed by atoms with van der Waals surface area (Å²) in [5.41, 5.74) is 0.804. The Bertz CT molecular complexity index is 785. The van der Waals surface area contributed by atoms with Gasteiger partial charge in [-0.2, -0.15) is 0 Å². The maximum absolute atomic E-state index is 12.8. The highest BCUT2D eigenvalue weighted by molar-refractivity contribution is 6.18. The lowest BCUT2D eigenvalue weighted by molar-refractivity contribution is -0.203. The van der Waals surface area contributed by atoms with Gasteiger partial charge in [-0.15, -0.1) is 0 Å². The standard InChI is InChI=1S/C25H37ClO7/c1-24-10-17(23(28)31-12-26)19(27)9-15(24)5-6-16-18-7-8-21(33-14-30-4)25(18,2)11-20(22(16)24)32-13-29-3/h9,16-18,20-22H,5-8,10-14H2,1-4H3/t16-,17?,18-,20?,21?,22-,24-,25-/m0/s1. The number of carbonyl (C=O) groups excluding carboxylic acids is 2. The number of halogens is 1. The summed E-state index contributed by atoms with van der Waals surface area (Å²) >= 11 is 5.63. The number of rotatable bonds is 8. The van der Waals surface area contributed by atoms with E-state index in [1.165, 1.54) is 0 Å². The van der Waals surface area contributed by atoms with Crippen molar-refractivity contribution in [3.05, 3.63) is 11.6 Å². The van der Waals surface area contributed by atoms with Gasteiger partial charge in [-0.1, -0.05) is 31.0 Å². The summed E-state index contributed by atoms with van der Waals surface area (Å²) in [6.07, 6.45) is 7.06. The molecular weight excluding hydrogens is 448 g/mol. The molecule has 0 spiro atoms. The van der Waals surface area contributed by atoms with E-state index in [-0.39, 0.29) is 47.6 Å². The van der Waals surface area contributed by atoms with Crippen molar-refractivity contribution in [2.24, 2.45) is 34.5 Å². The Morgan fingerprint density at radius 1 is 1.09 bits per heavy atom. The maximum Gasteiger partial charge on any atom is 0.318 e. The van der Waals surface area contributed by atoms with Gasteiger partial charge in [0.2, 0.25) is 0 Å². The highest BCUT2D eigenvalue weighted by Crippen LogP contribution is 2.66. The first-order chi connectivity index (χ1) is 15.8. The van der Waals surface area contributed by atoms with E-state index < -0.39 is 11.9 Å². The lowest BCUT2D eigenvalue weighted by atomic mass is 9.45. The van der Waals surface area contributed by atoms with Crippen molar-refractivity contribution in [3.63, 3.8) is 0 Å². The molecule has 0 heterocycles. The van der Waals surface area contributed by atoms with Crippen molar-refractivity contribution < 1.29 is 33.3 Å². The minimum absolute atomic E-state index is 0.0167. The average molecular weight is 485 g/mol. The number of carbonyl (C=O) groups is 2. The number of esters is 1. The number of ketones is 1. The molecule has 8 atom stereocenters. The molecule has 0 radical (unpaired) electrons. The number of hydrogen-bond acceptors (Lipinski definition) is 7. The summed E-state index contributed by atoms with van der Waals surface area (Å²) in [5, 5.41) is 0. The molecule has 0 aromatic heterocycles. The first kappa shape index (κ1) is 25.1. The maximum atomic E-state index is 12.8. The Balaban J connectivity index is 1.69. The van der Waals surface area contributed by atoms with Crippen LogP contribution in [0, 0.1) is 34.5 Å². The van der Waals surface area contributed by atoms with Crippen molar-refractivity contribution >= 4 is 23.4 Å². The summed E-state index contributed by atoms with van der Waals surface area (Å²) in [4.78, 5) is 25.4. The Labute approximate surface area is 201 Å². The molecule has 0 bridgehead atoms. The zero-order valence-electron chi connectivity index (χ0n) is 20.1. The van der Waals surface area contributed by atoms with E-state index in [1.807, 2.05) is 0 Å². The van der Waals surface area contributed by atoms with E-state index in [9.17, 15) is 9.59 Å². The van der Waals surface area contributed by atoms with E-state index in [1.54, 1.807) is 20.3 Å². The molecule has 4 rings (SSSR count). The van der Waals surface area contributed by atoms with Gasteiger partial charge in [-0.25, -0.2) is 0 Å². The van der Waals surface area contributed by atoms with Crippen LogP contribution in [-0.4, -0.2) is 57.8 Å². The SMILES string of the molecule is COCOC1C[C@]2(C)C(OCOC)CC[C@H]2[C@@H]2CCC3=CC(=O)C(C(=O)OCCl)C[C@]3(C)[C@H]12. The van der Waals surface area contributed by atoms with Crippen molar-refractivity contribution in [1.82, 2.24) is 0 Å². The van der Waals surface area contributed by atoms with E-state index in [4.69, 9.17) is 35.3 Å². The summed E-state index contributed by atoms with van der Waals surface area (Å²) in [6.45, 7) is 5.05. The normalized spacial score (nSPS) is 42.2. The first-order valence-corrected chi connectivity index (χ1v) is 12.5. The topological polar surface area (TPSA) is 80.3 Å². The van der Waals surface area contributed by atoms with E-state index in [2.05, 4.69) is 13.8 Å². The van der Waals surface area contributed by atoms with Gasteiger partial charge in [-0.3, -0.25) is 9.59 Å². The number of alkyl halides is 1. The van der Waals surface area contributed by atoms with Crippen LogP contribution < -0.4 is 0 Å². The average Bonchev–Trinajstić information content (AvgIpc) is 3.11. The zero-order valence-corrected chi connectivity index (χ0v) is 20.9. The van der Waals surface area contributed by atoms with Crippen LogP contribution in [0.4, 0.5) is 0 Å². The van der Waals surface area contributed by atoms with Crippen LogP contribution in [0.2, 0.25) is 0 Å². The Morgan fingerprint density at radius 2 is 1.82 bits per heavy atom. The van der Waals surface area contributed by atoms with Gasteiger partial charge in [0, 0.05) is 14.2 Å². The molecule has 0 aromatic rings. The molecule has 3 unspecified atom stereocenters. The van der Waals surface area contributed by atoms with Crippen LogP contribution in [0.5, 0.6) is 0 Å². The van der Waals surface area contributed by atoms with Crippen LogP contribution in [0.3, 0.4) is 0 Å². The van der Waals surface area contributed by atoms with Gasteiger partial charge in [0.05, 0.1) is 12.2 Å². The second-order valence-corrected chi connectivity index (χ2v) is 10.8. The van der Waals surface area contributed by atoms with Gasteiger partial charge in [0.25, 0.3) is 0 Å². The molecule has 4 aliphatic rings. The minimum Gasteiger partial charge on any atom is -0.449 e. The fourth-order valence-electron chi connectivity index (χ4n) is 7.78. The molecule has 0 aromatic carbocycles. The largest absolute Gasteiger partial charge is 0.449 e. The fraction of sp³-hybridized carbons (Fsp3) is 0.840. The van der Waals surface area contributed by atoms with Crippen LogP contribution in [0.25, 0.3) is 0 Å². The third-order valence-corrected chi connectivity index (χ3v) is 9.22. The second kappa shape index (κ2) is 9.94. The van der Waals surface area contributed by atoms with Crippen molar-refractivity contribution in [1.29, 1.82) is 0 Å². The summed E-state index contributed by atoms with van der Waals surface area (Å²) < 4.78 is 28.0. The third-order valence-electron chi connectivity index (χ3n) is 9.11. The molecule has 0 N–H and O–H groups in total. The van der Waals surface area contributed by atoms with Crippen molar-refractivity contribution in [3.8, 4) is 0 Å². The molecule has 33 heavy (non-hydrogen) atoms. The number of fused-ring (bicyclic) bond motifs is 5. The number of hydrogen-bond donors (Lipinski definition) is 0. The van der Waals surface area contributed by atoms with E-state index >= 15 is 0 Å². The second-order valence-electron chi connectivity index (χ2n) is 10.6.